The summed E-state index contributed by atoms with van der Waals surface area (Å²) in [6.07, 6.45) is -1.93. The van der Waals surface area contributed by atoms with Gasteiger partial charge in [-0.3, -0.25) is 19.6 Å². The molecular formula is C18H16F3N3O3. The zero-order valence-corrected chi connectivity index (χ0v) is 14.4. The number of aldehydes is 1. The molecule has 1 aliphatic heterocycles. The van der Waals surface area contributed by atoms with Gasteiger partial charge < -0.3 is 9.64 Å². The minimum Gasteiger partial charge on any atom is -0.491 e. The molecule has 6 nitrogen and oxygen atoms in total. The third kappa shape index (κ3) is 4.24. The minimum atomic E-state index is -4.28. The number of carbonyl (C=O) groups excluding carboxylic acids is 2. The molecule has 0 aliphatic carbocycles. The van der Waals surface area contributed by atoms with E-state index in [2.05, 4.69) is 9.97 Å². The number of halogens is 3. The first-order valence-corrected chi connectivity index (χ1v) is 8.16. The van der Waals surface area contributed by atoms with Crippen LogP contribution in [0.25, 0.3) is 0 Å². The predicted molar refractivity (Wildman–Crippen MR) is 88.3 cm³/mol. The van der Waals surface area contributed by atoms with Gasteiger partial charge in [0, 0.05) is 23.9 Å². The molecule has 0 saturated heterocycles. The van der Waals surface area contributed by atoms with E-state index in [4.69, 9.17) is 4.74 Å². The SMILES string of the molecule is Cc1cc(CN2Cc3c(ccnc3C=O)C2=O)ncc1OCCC(F)(F)F. The molecule has 27 heavy (non-hydrogen) atoms. The number of nitrogens with zero attached hydrogens (tertiary/aromatic N) is 3. The summed E-state index contributed by atoms with van der Waals surface area (Å²) in [4.78, 5) is 33.2. The molecule has 0 aromatic carbocycles. The molecule has 0 unspecified atom stereocenters. The van der Waals surface area contributed by atoms with Crippen molar-refractivity contribution in [2.24, 2.45) is 0 Å². The van der Waals surface area contributed by atoms with Gasteiger partial charge in [0.2, 0.25) is 0 Å². The minimum absolute atomic E-state index is 0.204. The highest BCUT2D eigenvalue weighted by Crippen LogP contribution is 2.27. The van der Waals surface area contributed by atoms with Crippen molar-refractivity contribution in [3.63, 3.8) is 0 Å². The molecule has 0 radical (unpaired) electrons. The Hall–Kier alpha value is -2.97. The van der Waals surface area contributed by atoms with E-state index in [0.717, 1.165) is 0 Å². The first kappa shape index (κ1) is 18.8. The summed E-state index contributed by atoms with van der Waals surface area (Å²) in [5.41, 5.74) is 2.46. The molecule has 1 amide bonds. The number of ether oxygens (including phenoxy) is 1. The second-order valence-corrected chi connectivity index (χ2v) is 6.16. The van der Waals surface area contributed by atoms with E-state index in [-0.39, 0.29) is 30.4 Å². The molecule has 142 valence electrons. The molecule has 1 aliphatic rings. The van der Waals surface area contributed by atoms with E-state index in [1.807, 2.05) is 0 Å². The van der Waals surface area contributed by atoms with Crippen molar-refractivity contribution in [1.29, 1.82) is 0 Å². The van der Waals surface area contributed by atoms with Crippen molar-refractivity contribution in [2.75, 3.05) is 6.61 Å². The molecule has 2 aromatic heterocycles. The fourth-order valence-electron chi connectivity index (χ4n) is 2.85. The number of hydrogen-bond acceptors (Lipinski definition) is 5. The maximum atomic E-state index is 12.5. The second-order valence-electron chi connectivity index (χ2n) is 6.16. The van der Waals surface area contributed by atoms with Crippen LogP contribution in [0.3, 0.4) is 0 Å². The summed E-state index contributed by atoms with van der Waals surface area (Å²) < 4.78 is 41.7. The predicted octanol–water partition coefficient (Wildman–Crippen LogP) is 3.08. The number of alkyl halides is 3. The summed E-state index contributed by atoms with van der Waals surface area (Å²) in [5, 5.41) is 0. The van der Waals surface area contributed by atoms with Gasteiger partial charge >= 0.3 is 6.18 Å². The van der Waals surface area contributed by atoms with E-state index < -0.39 is 19.2 Å². The van der Waals surface area contributed by atoms with Crippen LogP contribution in [0, 0.1) is 6.92 Å². The van der Waals surface area contributed by atoms with Crippen molar-refractivity contribution < 1.29 is 27.5 Å². The molecule has 9 heteroatoms. The van der Waals surface area contributed by atoms with Crippen LogP contribution in [0.15, 0.2) is 24.5 Å². The third-order valence-electron chi connectivity index (χ3n) is 4.18. The largest absolute Gasteiger partial charge is 0.491 e. The lowest BCUT2D eigenvalue weighted by atomic mass is 10.1. The highest BCUT2D eigenvalue weighted by molar-refractivity contribution is 6.00. The molecule has 3 rings (SSSR count). The standard InChI is InChI=1S/C18H16F3N3O3/c1-11-6-12(23-7-16(11)27-5-3-18(19,20)21)8-24-9-14-13(17(24)26)2-4-22-15(14)10-25/h2,4,6-7,10H,3,5,8-9H2,1H3. The number of fused-ring (bicyclic) bond motifs is 1. The molecule has 3 heterocycles. The zero-order chi connectivity index (χ0) is 19.6. The lowest BCUT2D eigenvalue weighted by Crippen LogP contribution is -2.23. The Morgan fingerprint density at radius 1 is 1.33 bits per heavy atom. The van der Waals surface area contributed by atoms with Crippen molar-refractivity contribution in [1.82, 2.24) is 14.9 Å². The molecule has 0 bridgehead atoms. The summed E-state index contributed by atoms with van der Waals surface area (Å²) >= 11 is 0. The van der Waals surface area contributed by atoms with Crippen LogP contribution in [0.4, 0.5) is 13.2 Å². The van der Waals surface area contributed by atoms with Crippen LogP contribution < -0.4 is 4.74 Å². The van der Waals surface area contributed by atoms with Gasteiger partial charge in [-0.25, -0.2) is 0 Å². The number of carbonyl (C=O) groups is 2. The smallest absolute Gasteiger partial charge is 0.392 e. The Morgan fingerprint density at radius 3 is 2.78 bits per heavy atom. The highest BCUT2D eigenvalue weighted by atomic mass is 19.4. The van der Waals surface area contributed by atoms with Crippen molar-refractivity contribution in [2.45, 2.75) is 32.6 Å². The third-order valence-corrected chi connectivity index (χ3v) is 4.18. The van der Waals surface area contributed by atoms with Gasteiger partial charge in [-0.15, -0.1) is 0 Å². The van der Waals surface area contributed by atoms with Crippen LogP contribution >= 0.6 is 0 Å². The Kier molecular flexibility index (Phi) is 5.11. The maximum absolute atomic E-state index is 12.5. The number of hydrogen-bond donors (Lipinski definition) is 0. The fraction of sp³-hybridized carbons (Fsp3) is 0.333. The highest BCUT2D eigenvalue weighted by Gasteiger charge is 2.30. The summed E-state index contributed by atoms with van der Waals surface area (Å²) in [5.74, 6) is 0.0481. The molecule has 0 N–H and O–H groups in total. The lowest BCUT2D eigenvalue weighted by molar-refractivity contribution is -0.139. The van der Waals surface area contributed by atoms with Gasteiger partial charge in [-0.05, 0) is 24.6 Å². The Bertz CT molecular complexity index is 884. The van der Waals surface area contributed by atoms with Gasteiger partial charge in [-0.1, -0.05) is 0 Å². The quantitative estimate of drug-likeness (QED) is 0.722. The molecular weight excluding hydrogens is 363 g/mol. The first-order chi connectivity index (χ1) is 12.8. The Balaban J connectivity index is 1.68. The van der Waals surface area contributed by atoms with Crippen LogP contribution in [-0.4, -0.2) is 39.8 Å². The maximum Gasteiger partial charge on any atom is 0.392 e. The number of aryl methyl sites for hydroxylation is 1. The number of amides is 1. The summed E-state index contributed by atoms with van der Waals surface area (Å²) in [7, 11) is 0. The van der Waals surface area contributed by atoms with E-state index in [0.29, 0.717) is 28.7 Å². The van der Waals surface area contributed by atoms with Gasteiger partial charge in [-0.2, -0.15) is 13.2 Å². The molecule has 0 atom stereocenters. The number of aromatic nitrogens is 2. The molecule has 2 aromatic rings. The number of pyridine rings is 2. The summed E-state index contributed by atoms with van der Waals surface area (Å²) in [6, 6.07) is 3.24. The van der Waals surface area contributed by atoms with Crippen LogP contribution in [0.1, 0.15) is 44.1 Å². The van der Waals surface area contributed by atoms with E-state index in [9.17, 15) is 22.8 Å². The molecule has 0 spiro atoms. The van der Waals surface area contributed by atoms with Crippen LogP contribution in [0.2, 0.25) is 0 Å². The van der Waals surface area contributed by atoms with E-state index in [1.165, 1.54) is 17.3 Å². The average molecular weight is 379 g/mol. The van der Waals surface area contributed by atoms with E-state index in [1.54, 1.807) is 19.1 Å². The van der Waals surface area contributed by atoms with Crippen molar-refractivity contribution in [3.8, 4) is 5.75 Å². The average Bonchev–Trinajstić information content (AvgIpc) is 2.92. The van der Waals surface area contributed by atoms with Gasteiger partial charge in [0.25, 0.3) is 5.91 Å². The van der Waals surface area contributed by atoms with Crippen LogP contribution in [0.5, 0.6) is 5.75 Å². The molecule has 0 fully saturated rings. The van der Waals surface area contributed by atoms with Gasteiger partial charge in [0.05, 0.1) is 31.5 Å². The van der Waals surface area contributed by atoms with Crippen molar-refractivity contribution >= 4 is 12.2 Å². The monoisotopic (exact) mass is 379 g/mol. The van der Waals surface area contributed by atoms with Crippen LogP contribution in [-0.2, 0) is 13.1 Å². The Morgan fingerprint density at radius 2 is 2.11 bits per heavy atom. The van der Waals surface area contributed by atoms with E-state index >= 15 is 0 Å². The normalized spacial score (nSPS) is 13.6. The molecule has 0 saturated carbocycles. The first-order valence-electron chi connectivity index (χ1n) is 8.16. The topological polar surface area (TPSA) is 72.4 Å². The van der Waals surface area contributed by atoms with Gasteiger partial charge in [0.1, 0.15) is 11.4 Å². The lowest BCUT2D eigenvalue weighted by Gasteiger charge is -2.16. The Labute approximate surface area is 153 Å². The fourth-order valence-corrected chi connectivity index (χ4v) is 2.85. The van der Waals surface area contributed by atoms with Gasteiger partial charge in [0.15, 0.2) is 6.29 Å². The second kappa shape index (κ2) is 7.34. The summed E-state index contributed by atoms with van der Waals surface area (Å²) in [6.45, 7) is 1.67. The number of rotatable bonds is 6. The van der Waals surface area contributed by atoms with Crippen molar-refractivity contribution in [3.05, 3.63) is 52.6 Å². The zero-order valence-electron chi connectivity index (χ0n) is 14.4.